The van der Waals surface area contributed by atoms with Crippen LogP contribution in [0.5, 0.6) is 0 Å². The standard InChI is InChI=1S/C23H18F4N6O2S/c1-12-8-20-16(9-18(12)24)17(10-28)21(33(20)22-29-7-6-13(2)31-22)19-5-4-15(11-30-19)36(34,35)32-14(3)23(25,26)27/h4-9,11,14,32H,1-3H3/t14-/m0/s1. The van der Waals surface area contributed by atoms with Crippen molar-refractivity contribution in [2.45, 2.75) is 37.9 Å². The van der Waals surface area contributed by atoms with Crippen LogP contribution in [0.1, 0.15) is 23.7 Å². The van der Waals surface area contributed by atoms with E-state index in [1.54, 1.807) is 24.6 Å². The summed E-state index contributed by atoms with van der Waals surface area (Å²) in [5.41, 5.74) is 1.66. The van der Waals surface area contributed by atoms with E-state index in [2.05, 4.69) is 15.0 Å². The maximum atomic E-state index is 14.4. The van der Waals surface area contributed by atoms with Gasteiger partial charge in [0, 0.05) is 23.5 Å². The minimum Gasteiger partial charge on any atom is -0.275 e. The van der Waals surface area contributed by atoms with E-state index in [0.717, 1.165) is 12.3 Å². The third-order valence-electron chi connectivity index (χ3n) is 5.45. The fourth-order valence-corrected chi connectivity index (χ4v) is 4.74. The topological polar surface area (TPSA) is 114 Å². The first-order valence-corrected chi connectivity index (χ1v) is 11.9. The number of sulfonamides is 1. The molecule has 0 fully saturated rings. The summed E-state index contributed by atoms with van der Waals surface area (Å²) < 4.78 is 80.9. The minimum absolute atomic E-state index is 0.0425. The second-order valence-electron chi connectivity index (χ2n) is 8.05. The Balaban J connectivity index is 1.92. The van der Waals surface area contributed by atoms with Gasteiger partial charge in [-0.25, -0.2) is 22.8 Å². The first-order valence-electron chi connectivity index (χ1n) is 10.4. The molecule has 0 saturated carbocycles. The summed E-state index contributed by atoms with van der Waals surface area (Å²) in [4.78, 5) is 12.3. The lowest BCUT2D eigenvalue weighted by atomic mass is 10.1. The summed E-state index contributed by atoms with van der Waals surface area (Å²) in [6, 6.07) is 6.44. The van der Waals surface area contributed by atoms with Gasteiger partial charge in [0.15, 0.2) is 0 Å². The van der Waals surface area contributed by atoms with Crippen molar-refractivity contribution < 1.29 is 26.0 Å². The highest BCUT2D eigenvalue weighted by atomic mass is 32.2. The number of halogens is 4. The Morgan fingerprint density at radius 1 is 1.14 bits per heavy atom. The molecule has 1 atom stereocenters. The highest BCUT2D eigenvalue weighted by molar-refractivity contribution is 7.89. The van der Waals surface area contributed by atoms with Crippen molar-refractivity contribution in [3.8, 4) is 23.4 Å². The predicted octanol–water partition coefficient (Wildman–Crippen LogP) is 4.34. The highest BCUT2D eigenvalue weighted by Crippen LogP contribution is 2.36. The van der Waals surface area contributed by atoms with Gasteiger partial charge in [-0.15, -0.1) is 0 Å². The summed E-state index contributed by atoms with van der Waals surface area (Å²) >= 11 is 0. The number of hydrogen-bond donors (Lipinski definition) is 1. The Morgan fingerprint density at radius 2 is 1.86 bits per heavy atom. The molecule has 3 aromatic heterocycles. The molecular weight excluding hydrogens is 500 g/mol. The number of aryl methyl sites for hydroxylation is 2. The number of nitrogens with one attached hydrogen (secondary N) is 1. The fourth-order valence-electron chi connectivity index (χ4n) is 3.57. The Hall–Kier alpha value is -3.89. The zero-order valence-corrected chi connectivity index (χ0v) is 19.9. The van der Waals surface area contributed by atoms with E-state index >= 15 is 0 Å². The summed E-state index contributed by atoms with van der Waals surface area (Å²) in [6.07, 6.45) is -2.39. The van der Waals surface area contributed by atoms with Gasteiger partial charge in [0.05, 0.1) is 22.5 Å². The number of hydrogen-bond acceptors (Lipinski definition) is 6. The van der Waals surface area contributed by atoms with Crippen LogP contribution in [0.15, 0.2) is 47.6 Å². The molecule has 3 heterocycles. The molecule has 0 aliphatic heterocycles. The van der Waals surface area contributed by atoms with Crippen LogP contribution in [0.4, 0.5) is 17.6 Å². The lowest BCUT2D eigenvalue weighted by Crippen LogP contribution is -2.42. The molecule has 0 aliphatic carbocycles. The van der Waals surface area contributed by atoms with Crippen LogP contribution in [0.25, 0.3) is 28.2 Å². The number of nitrogens with zero attached hydrogens (tertiary/aromatic N) is 5. The van der Waals surface area contributed by atoms with Crippen LogP contribution < -0.4 is 4.72 Å². The highest BCUT2D eigenvalue weighted by Gasteiger charge is 2.39. The molecule has 0 saturated heterocycles. The molecule has 8 nitrogen and oxygen atoms in total. The van der Waals surface area contributed by atoms with Crippen molar-refractivity contribution in [1.29, 1.82) is 5.26 Å². The molecule has 186 valence electrons. The average Bonchev–Trinajstić information content (AvgIpc) is 3.11. The van der Waals surface area contributed by atoms with Crippen molar-refractivity contribution in [3.63, 3.8) is 0 Å². The van der Waals surface area contributed by atoms with Crippen LogP contribution in [0, 0.1) is 31.0 Å². The Morgan fingerprint density at radius 3 is 2.44 bits per heavy atom. The Labute approximate surface area is 203 Å². The van der Waals surface area contributed by atoms with Gasteiger partial charge in [-0.2, -0.15) is 23.2 Å². The number of benzene rings is 1. The number of fused-ring (bicyclic) bond motifs is 1. The summed E-state index contributed by atoms with van der Waals surface area (Å²) in [7, 11) is -4.54. The smallest absolute Gasteiger partial charge is 0.275 e. The van der Waals surface area contributed by atoms with Crippen LogP contribution in [0.2, 0.25) is 0 Å². The number of nitriles is 1. The van der Waals surface area contributed by atoms with Crippen molar-refractivity contribution in [3.05, 3.63) is 65.4 Å². The molecule has 0 aliphatic rings. The first-order chi connectivity index (χ1) is 16.8. The van der Waals surface area contributed by atoms with Crippen LogP contribution >= 0.6 is 0 Å². The van der Waals surface area contributed by atoms with E-state index < -0.39 is 33.0 Å². The molecule has 0 amide bonds. The lowest BCUT2D eigenvalue weighted by Gasteiger charge is -2.17. The number of alkyl halides is 3. The van der Waals surface area contributed by atoms with Gasteiger partial charge in [0.2, 0.25) is 16.0 Å². The van der Waals surface area contributed by atoms with Gasteiger partial charge in [-0.3, -0.25) is 9.55 Å². The molecule has 13 heteroatoms. The molecule has 0 unspecified atom stereocenters. The first kappa shape index (κ1) is 25.2. The molecule has 4 rings (SSSR count). The fraction of sp³-hybridized carbons (Fsp3) is 0.217. The van der Waals surface area contributed by atoms with E-state index in [-0.39, 0.29) is 28.3 Å². The van der Waals surface area contributed by atoms with Crippen LogP contribution in [-0.2, 0) is 10.0 Å². The van der Waals surface area contributed by atoms with Gasteiger partial charge in [0.25, 0.3) is 0 Å². The monoisotopic (exact) mass is 518 g/mol. The van der Waals surface area contributed by atoms with E-state index in [0.29, 0.717) is 23.7 Å². The van der Waals surface area contributed by atoms with Crippen molar-refractivity contribution in [2.24, 2.45) is 0 Å². The van der Waals surface area contributed by atoms with Crippen LogP contribution in [-0.4, -0.2) is 40.2 Å². The molecule has 1 N–H and O–H groups in total. The molecule has 36 heavy (non-hydrogen) atoms. The van der Waals surface area contributed by atoms with Crippen molar-refractivity contribution >= 4 is 20.9 Å². The van der Waals surface area contributed by atoms with Gasteiger partial charge in [-0.05, 0) is 56.7 Å². The molecule has 1 aromatic carbocycles. The summed E-state index contributed by atoms with van der Waals surface area (Å²) in [5.74, 6) is -0.367. The third kappa shape index (κ3) is 4.52. The SMILES string of the molecule is Cc1ccnc(-n2c(-c3ccc(S(=O)(=O)N[C@@H](C)C(F)(F)F)cn3)c(C#N)c3cc(F)c(C)cc32)n1. The molecule has 0 radical (unpaired) electrons. The number of pyridine rings is 1. The second kappa shape index (κ2) is 8.96. The normalized spacial score (nSPS) is 13.1. The number of aromatic nitrogens is 4. The average molecular weight is 518 g/mol. The molecule has 0 bridgehead atoms. The molecular formula is C23H18F4N6O2S. The zero-order chi connectivity index (χ0) is 26.4. The maximum Gasteiger partial charge on any atom is 0.404 e. The lowest BCUT2D eigenvalue weighted by molar-refractivity contribution is -0.147. The third-order valence-corrected chi connectivity index (χ3v) is 6.98. The predicted molar refractivity (Wildman–Crippen MR) is 122 cm³/mol. The van der Waals surface area contributed by atoms with E-state index in [4.69, 9.17) is 0 Å². The van der Waals surface area contributed by atoms with Crippen molar-refractivity contribution in [1.82, 2.24) is 24.2 Å². The van der Waals surface area contributed by atoms with E-state index in [1.807, 2.05) is 6.07 Å². The van der Waals surface area contributed by atoms with Gasteiger partial charge >= 0.3 is 6.18 Å². The van der Waals surface area contributed by atoms with Crippen molar-refractivity contribution in [2.75, 3.05) is 0 Å². The van der Waals surface area contributed by atoms with E-state index in [1.165, 1.54) is 29.0 Å². The molecule has 4 aromatic rings. The maximum absolute atomic E-state index is 14.4. The minimum atomic E-state index is -4.77. The van der Waals surface area contributed by atoms with Gasteiger partial charge < -0.3 is 0 Å². The summed E-state index contributed by atoms with van der Waals surface area (Å²) in [5, 5.41) is 10.2. The largest absolute Gasteiger partial charge is 0.404 e. The van der Waals surface area contributed by atoms with Gasteiger partial charge in [0.1, 0.15) is 22.8 Å². The Bertz CT molecular complexity index is 1620. The quantitative estimate of drug-likeness (QED) is 0.393. The second-order valence-corrected chi connectivity index (χ2v) is 9.77. The zero-order valence-electron chi connectivity index (χ0n) is 19.1. The van der Waals surface area contributed by atoms with E-state index in [9.17, 15) is 31.2 Å². The molecule has 0 spiro atoms. The van der Waals surface area contributed by atoms with Gasteiger partial charge in [-0.1, -0.05) is 0 Å². The van der Waals surface area contributed by atoms with Crippen LogP contribution in [0.3, 0.4) is 0 Å². The Kier molecular flexibility index (Phi) is 6.27. The summed E-state index contributed by atoms with van der Waals surface area (Å²) in [6.45, 7) is 3.97. The number of rotatable bonds is 5.